The maximum atomic E-state index is 5.56. The third-order valence-electron chi connectivity index (χ3n) is 3.08. The van der Waals surface area contributed by atoms with Gasteiger partial charge in [0.15, 0.2) is 0 Å². The fraction of sp³-hybridized carbons (Fsp3) is 0.0588. The molecule has 0 aliphatic rings. The normalized spacial score (nSPS) is 10.3. The first-order valence-electron chi connectivity index (χ1n) is 6.66. The van der Waals surface area contributed by atoms with Gasteiger partial charge in [-0.15, -0.1) is 0 Å². The summed E-state index contributed by atoms with van der Waals surface area (Å²) in [6.45, 7) is 0.438. The topological polar surface area (TPSA) is 61.0 Å². The molecule has 0 amide bonds. The number of nitrogens with two attached hydrogens (primary N) is 1. The second kappa shape index (κ2) is 6.05. The average molecular weight is 277 g/mol. The van der Waals surface area contributed by atoms with Gasteiger partial charge in [0.05, 0.1) is 12.4 Å². The fourth-order valence-corrected chi connectivity index (χ4v) is 2.01. The lowest BCUT2D eigenvalue weighted by atomic mass is 10.0. The Labute approximate surface area is 123 Å². The van der Waals surface area contributed by atoms with E-state index in [2.05, 4.69) is 34.2 Å². The summed E-state index contributed by atoms with van der Waals surface area (Å²) in [6, 6.07) is 18.5. The third-order valence-corrected chi connectivity index (χ3v) is 3.08. The van der Waals surface area contributed by atoms with E-state index in [1.165, 1.54) is 17.3 Å². The molecular formula is C17H15N3O. The summed E-state index contributed by atoms with van der Waals surface area (Å²) in [5.74, 6) is 0.786. The van der Waals surface area contributed by atoms with Crippen molar-refractivity contribution in [3.05, 3.63) is 72.6 Å². The molecule has 0 spiro atoms. The molecule has 0 fully saturated rings. The Hall–Kier alpha value is -2.88. The van der Waals surface area contributed by atoms with Gasteiger partial charge in [-0.2, -0.15) is 4.98 Å². The van der Waals surface area contributed by atoms with E-state index in [0.717, 1.165) is 5.56 Å². The summed E-state index contributed by atoms with van der Waals surface area (Å²) in [5.41, 5.74) is 9.01. The van der Waals surface area contributed by atoms with Crippen molar-refractivity contribution in [1.82, 2.24) is 9.97 Å². The van der Waals surface area contributed by atoms with Crippen LogP contribution >= 0.6 is 0 Å². The number of ether oxygens (including phenoxy) is 1. The first-order valence-corrected chi connectivity index (χ1v) is 6.66. The Morgan fingerprint density at radius 1 is 0.857 bits per heavy atom. The Bertz CT molecular complexity index is 712. The first-order chi connectivity index (χ1) is 10.3. The molecule has 1 heterocycles. The summed E-state index contributed by atoms with van der Waals surface area (Å²) in [4.78, 5) is 7.98. The van der Waals surface area contributed by atoms with Gasteiger partial charge in [-0.25, -0.2) is 0 Å². The highest BCUT2D eigenvalue weighted by atomic mass is 16.5. The van der Waals surface area contributed by atoms with Crippen molar-refractivity contribution in [2.75, 3.05) is 5.73 Å². The maximum Gasteiger partial charge on any atom is 0.234 e. The summed E-state index contributed by atoms with van der Waals surface area (Å²) >= 11 is 0. The van der Waals surface area contributed by atoms with Crippen LogP contribution in [0.15, 0.2) is 67.0 Å². The number of anilines is 1. The predicted molar refractivity (Wildman–Crippen MR) is 82.7 cm³/mol. The highest BCUT2D eigenvalue weighted by Crippen LogP contribution is 2.19. The van der Waals surface area contributed by atoms with E-state index in [4.69, 9.17) is 10.5 Å². The van der Waals surface area contributed by atoms with Crippen molar-refractivity contribution < 1.29 is 4.74 Å². The second-order valence-corrected chi connectivity index (χ2v) is 4.63. The molecule has 4 nitrogen and oxygen atoms in total. The van der Waals surface area contributed by atoms with Crippen molar-refractivity contribution in [3.63, 3.8) is 0 Å². The van der Waals surface area contributed by atoms with Gasteiger partial charge in [0.25, 0.3) is 0 Å². The van der Waals surface area contributed by atoms with Crippen LogP contribution in [0.2, 0.25) is 0 Å². The molecule has 3 rings (SSSR count). The molecule has 0 unspecified atom stereocenters. The smallest absolute Gasteiger partial charge is 0.234 e. The van der Waals surface area contributed by atoms with Crippen molar-refractivity contribution in [3.8, 4) is 17.0 Å². The predicted octanol–water partition coefficient (Wildman–Crippen LogP) is 3.30. The molecule has 0 bridgehead atoms. The van der Waals surface area contributed by atoms with Crippen molar-refractivity contribution in [2.24, 2.45) is 0 Å². The number of nitrogen functional groups attached to an aromatic ring is 1. The minimum absolute atomic E-state index is 0.354. The largest absolute Gasteiger partial charge is 0.472 e. The molecule has 0 radical (unpaired) electrons. The van der Waals surface area contributed by atoms with Gasteiger partial charge in [-0.1, -0.05) is 54.6 Å². The zero-order valence-corrected chi connectivity index (χ0v) is 11.4. The molecule has 1 aromatic heterocycles. The van der Waals surface area contributed by atoms with Crippen LogP contribution in [0.3, 0.4) is 0 Å². The number of hydrogen-bond acceptors (Lipinski definition) is 4. The Kier molecular flexibility index (Phi) is 3.78. The lowest BCUT2D eigenvalue weighted by Gasteiger charge is -2.07. The maximum absolute atomic E-state index is 5.56. The van der Waals surface area contributed by atoms with Gasteiger partial charge in [-0.3, -0.25) is 4.98 Å². The van der Waals surface area contributed by atoms with Crippen molar-refractivity contribution in [2.45, 2.75) is 6.61 Å². The van der Waals surface area contributed by atoms with E-state index in [1.807, 2.05) is 30.3 Å². The van der Waals surface area contributed by atoms with Crippen LogP contribution in [0.5, 0.6) is 5.88 Å². The lowest BCUT2D eigenvalue weighted by Crippen LogP contribution is -2.00. The van der Waals surface area contributed by atoms with Crippen LogP contribution in [0, 0.1) is 0 Å². The zero-order chi connectivity index (χ0) is 14.5. The Balaban J connectivity index is 1.68. The molecule has 0 saturated carbocycles. The molecule has 21 heavy (non-hydrogen) atoms. The van der Waals surface area contributed by atoms with Gasteiger partial charge in [0.1, 0.15) is 12.4 Å². The minimum atomic E-state index is 0.354. The van der Waals surface area contributed by atoms with E-state index in [-0.39, 0.29) is 0 Å². The fourth-order valence-electron chi connectivity index (χ4n) is 2.01. The van der Waals surface area contributed by atoms with Gasteiger partial charge in [0, 0.05) is 0 Å². The zero-order valence-electron chi connectivity index (χ0n) is 11.4. The molecule has 0 saturated heterocycles. The van der Waals surface area contributed by atoms with Gasteiger partial charge in [0.2, 0.25) is 5.88 Å². The van der Waals surface area contributed by atoms with Crippen LogP contribution in [0.4, 0.5) is 5.82 Å². The molecule has 0 atom stereocenters. The van der Waals surface area contributed by atoms with Crippen molar-refractivity contribution >= 4 is 5.82 Å². The number of hydrogen-bond donors (Lipinski definition) is 1. The third kappa shape index (κ3) is 3.36. The molecule has 0 aliphatic carbocycles. The molecule has 2 N–H and O–H groups in total. The van der Waals surface area contributed by atoms with Crippen LogP contribution in [-0.4, -0.2) is 9.97 Å². The average Bonchev–Trinajstić information content (AvgIpc) is 2.54. The van der Waals surface area contributed by atoms with Crippen molar-refractivity contribution in [1.29, 1.82) is 0 Å². The first kappa shape index (κ1) is 13.1. The van der Waals surface area contributed by atoms with Gasteiger partial charge >= 0.3 is 0 Å². The SMILES string of the molecule is Nc1cncc(OCc2ccc(-c3ccccc3)cc2)n1. The van der Waals surface area contributed by atoms with Gasteiger partial charge < -0.3 is 10.5 Å². The molecule has 3 aromatic rings. The van der Waals surface area contributed by atoms with Gasteiger partial charge in [-0.05, 0) is 16.7 Å². The quantitative estimate of drug-likeness (QED) is 0.794. The molecule has 2 aromatic carbocycles. The monoisotopic (exact) mass is 277 g/mol. The minimum Gasteiger partial charge on any atom is -0.472 e. The Morgan fingerprint density at radius 3 is 2.29 bits per heavy atom. The summed E-state index contributed by atoms with van der Waals surface area (Å²) < 4.78 is 5.56. The molecule has 104 valence electrons. The number of nitrogens with zero attached hydrogens (tertiary/aromatic N) is 2. The highest BCUT2D eigenvalue weighted by Gasteiger charge is 2.00. The number of aromatic nitrogens is 2. The summed E-state index contributed by atoms with van der Waals surface area (Å²) in [7, 11) is 0. The van der Waals surface area contributed by atoms with Crippen LogP contribution in [-0.2, 0) is 6.61 Å². The van der Waals surface area contributed by atoms with E-state index in [1.54, 1.807) is 6.20 Å². The standard InChI is InChI=1S/C17H15N3O/c18-16-10-19-11-17(20-16)21-12-13-6-8-15(9-7-13)14-4-2-1-3-5-14/h1-11H,12H2,(H2,18,20). The van der Waals surface area contributed by atoms with Crippen LogP contribution < -0.4 is 10.5 Å². The van der Waals surface area contributed by atoms with E-state index >= 15 is 0 Å². The van der Waals surface area contributed by atoms with E-state index in [0.29, 0.717) is 18.3 Å². The molecule has 4 heteroatoms. The summed E-state index contributed by atoms with van der Waals surface area (Å²) in [6.07, 6.45) is 3.04. The van der Waals surface area contributed by atoms with Crippen LogP contribution in [0.25, 0.3) is 11.1 Å². The number of benzene rings is 2. The molecular weight excluding hydrogens is 262 g/mol. The summed E-state index contributed by atoms with van der Waals surface area (Å²) in [5, 5.41) is 0. The number of rotatable bonds is 4. The van der Waals surface area contributed by atoms with E-state index < -0.39 is 0 Å². The second-order valence-electron chi connectivity index (χ2n) is 4.63. The lowest BCUT2D eigenvalue weighted by molar-refractivity contribution is 0.293. The van der Waals surface area contributed by atoms with E-state index in [9.17, 15) is 0 Å². The highest BCUT2D eigenvalue weighted by molar-refractivity contribution is 5.63. The van der Waals surface area contributed by atoms with Crippen LogP contribution in [0.1, 0.15) is 5.56 Å². The Morgan fingerprint density at radius 2 is 1.57 bits per heavy atom. The molecule has 0 aliphatic heterocycles.